The van der Waals surface area contributed by atoms with Crippen LogP contribution in [0.5, 0.6) is 0 Å². The molecule has 0 bridgehead atoms. The number of H-pyrrole nitrogens is 2. The number of fused-ring (bicyclic) bond motifs is 1. The third-order valence-electron chi connectivity index (χ3n) is 2.63. The molecule has 0 aliphatic carbocycles. The molecule has 0 saturated carbocycles. The largest absolute Gasteiger partial charge is 0.389 e. The molecule has 0 saturated heterocycles. The first-order valence-electron chi connectivity index (χ1n) is 5.81. The maximum absolute atomic E-state index is 11.5. The summed E-state index contributed by atoms with van der Waals surface area (Å²) < 4.78 is 4.50. The highest BCUT2D eigenvalue weighted by molar-refractivity contribution is 7.39. The molecule has 10 heteroatoms. The summed E-state index contributed by atoms with van der Waals surface area (Å²) in [6.07, 6.45) is 2.14. The van der Waals surface area contributed by atoms with E-state index in [4.69, 9.17) is 9.79 Å². The lowest BCUT2D eigenvalue weighted by atomic mass is 10.2. The van der Waals surface area contributed by atoms with Gasteiger partial charge >= 0.3 is 8.60 Å². The minimum atomic E-state index is -2.45. The van der Waals surface area contributed by atoms with E-state index < -0.39 is 14.7 Å². The Balaban J connectivity index is 1.87. The highest BCUT2D eigenvalue weighted by Gasteiger charge is 2.10. The fourth-order valence-corrected chi connectivity index (χ4v) is 2.03. The van der Waals surface area contributed by atoms with E-state index in [1.165, 1.54) is 6.33 Å². The molecule has 1 unspecified atom stereocenters. The van der Waals surface area contributed by atoms with Crippen LogP contribution < -0.4 is 10.9 Å². The summed E-state index contributed by atoms with van der Waals surface area (Å²) in [6, 6.07) is 0. The number of aromatic nitrogens is 3. The maximum atomic E-state index is 11.5. The number of hydrogen-bond donors (Lipinski definition) is 6. The topological polar surface area (TPSA) is 143 Å². The molecule has 0 radical (unpaired) electrons. The van der Waals surface area contributed by atoms with E-state index in [2.05, 4.69) is 24.8 Å². The second-order valence-electron chi connectivity index (χ2n) is 4.10. The predicted octanol–water partition coefficient (Wildman–Crippen LogP) is -1.07. The van der Waals surface area contributed by atoms with Crippen molar-refractivity contribution in [3.63, 3.8) is 0 Å². The molecule has 2 rings (SSSR count). The van der Waals surface area contributed by atoms with Crippen molar-refractivity contribution in [3.8, 4) is 0 Å². The lowest BCUT2D eigenvalue weighted by Gasteiger charge is -2.11. The Hall–Kier alpha value is -1.35. The van der Waals surface area contributed by atoms with E-state index in [-0.39, 0.29) is 18.7 Å². The number of aliphatic hydroxyl groups is 1. The van der Waals surface area contributed by atoms with E-state index in [1.54, 1.807) is 6.20 Å². The zero-order chi connectivity index (χ0) is 14.5. The lowest BCUT2D eigenvalue weighted by Crippen LogP contribution is -2.29. The van der Waals surface area contributed by atoms with Crippen LogP contribution in [0.3, 0.4) is 0 Å². The van der Waals surface area contributed by atoms with Gasteiger partial charge in [-0.1, -0.05) is 0 Å². The standard InChI is InChI=1S/C10H15N4O5P/c15-7(4-19-20(17)18)3-11-1-6-2-12-9-8(6)13-5-14-10(9)16/h2,5,7,11-12,15,17-18H,1,3-4H2,(H,13,14,16). The first-order valence-corrected chi connectivity index (χ1v) is 6.97. The third-order valence-corrected chi connectivity index (χ3v) is 3.01. The summed E-state index contributed by atoms with van der Waals surface area (Å²) in [5, 5.41) is 12.5. The lowest BCUT2D eigenvalue weighted by molar-refractivity contribution is 0.0977. The van der Waals surface area contributed by atoms with E-state index >= 15 is 0 Å². The smallest absolute Gasteiger partial charge is 0.327 e. The molecule has 2 aromatic heterocycles. The quantitative estimate of drug-likeness (QED) is 0.357. The van der Waals surface area contributed by atoms with Gasteiger partial charge in [-0.05, 0) is 0 Å². The van der Waals surface area contributed by atoms with Gasteiger partial charge in [-0.2, -0.15) is 0 Å². The molecule has 6 N–H and O–H groups in total. The first kappa shape index (κ1) is 15.0. The zero-order valence-electron chi connectivity index (χ0n) is 10.4. The van der Waals surface area contributed by atoms with Crippen LogP contribution >= 0.6 is 8.60 Å². The van der Waals surface area contributed by atoms with Crippen molar-refractivity contribution in [3.05, 3.63) is 28.4 Å². The van der Waals surface area contributed by atoms with Crippen molar-refractivity contribution >= 4 is 19.6 Å². The molecular formula is C10H15N4O5P. The van der Waals surface area contributed by atoms with E-state index in [1.807, 2.05) is 0 Å². The molecule has 0 fully saturated rings. The number of aromatic amines is 2. The molecule has 0 aliphatic heterocycles. The van der Waals surface area contributed by atoms with Gasteiger partial charge in [0, 0.05) is 24.8 Å². The van der Waals surface area contributed by atoms with Gasteiger partial charge in [0.1, 0.15) is 5.52 Å². The number of aliphatic hydroxyl groups excluding tert-OH is 1. The number of hydrogen-bond acceptors (Lipinski definition) is 7. The van der Waals surface area contributed by atoms with Gasteiger partial charge in [0.25, 0.3) is 5.56 Å². The van der Waals surface area contributed by atoms with Gasteiger partial charge < -0.3 is 34.7 Å². The third kappa shape index (κ3) is 3.83. The van der Waals surface area contributed by atoms with Gasteiger partial charge in [-0.25, -0.2) is 4.98 Å². The van der Waals surface area contributed by atoms with Crippen LogP contribution in [0.2, 0.25) is 0 Å². The molecule has 0 spiro atoms. The highest BCUT2D eigenvalue weighted by atomic mass is 31.2. The monoisotopic (exact) mass is 302 g/mol. The number of nitrogens with one attached hydrogen (secondary N) is 3. The molecule has 2 heterocycles. The minimum Gasteiger partial charge on any atom is -0.389 e. The molecule has 0 aromatic carbocycles. The second kappa shape index (κ2) is 6.89. The average Bonchev–Trinajstić information content (AvgIpc) is 2.81. The van der Waals surface area contributed by atoms with Gasteiger partial charge in [-0.15, -0.1) is 0 Å². The van der Waals surface area contributed by atoms with Crippen molar-refractivity contribution in [2.75, 3.05) is 13.2 Å². The molecule has 110 valence electrons. The summed E-state index contributed by atoms with van der Waals surface area (Å²) in [6.45, 7) is 0.442. The molecule has 0 amide bonds. The summed E-state index contributed by atoms with van der Waals surface area (Å²) >= 11 is 0. The summed E-state index contributed by atoms with van der Waals surface area (Å²) in [4.78, 5) is 37.9. The fourth-order valence-electron chi connectivity index (χ4n) is 1.72. The molecule has 20 heavy (non-hydrogen) atoms. The van der Waals surface area contributed by atoms with Crippen molar-refractivity contribution in [2.45, 2.75) is 12.6 Å². The normalized spacial score (nSPS) is 13.2. The number of rotatable bonds is 7. The van der Waals surface area contributed by atoms with E-state index in [9.17, 15) is 9.90 Å². The SMILES string of the molecule is O=c1[nH]cnc2c(CNCC(O)COP(O)O)c[nH]c12. The summed E-state index contributed by atoms with van der Waals surface area (Å²) in [5.74, 6) is 0. The van der Waals surface area contributed by atoms with Crippen molar-refractivity contribution < 1.29 is 19.4 Å². The van der Waals surface area contributed by atoms with Crippen LogP contribution in [0.1, 0.15) is 5.56 Å². The molecule has 9 nitrogen and oxygen atoms in total. The summed E-state index contributed by atoms with van der Waals surface area (Å²) in [5.41, 5.74) is 1.53. The molecule has 0 aliphatic rings. The Morgan fingerprint density at radius 3 is 3.00 bits per heavy atom. The van der Waals surface area contributed by atoms with Crippen molar-refractivity contribution in [1.29, 1.82) is 0 Å². The Labute approximate surface area is 114 Å². The van der Waals surface area contributed by atoms with Gasteiger partial charge in [0.2, 0.25) is 0 Å². The van der Waals surface area contributed by atoms with E-state index in [0.717, 1.165) is 5.56 Å². The Bertz CT molecular complexity index is 613. The fraction of sp³-hybridized carbons (Fsp3) is 0.400. The second-order valence-corrected chi connectivity index (χ2v) is 4.87. The van der Waals surface area contributed by atoms with Crippen LogP contribution in [0.25, 0.3) is 11.0 Å². The van der Waals surface area contributed by atoms with Crippen LogP contribution in [0.4, 0.5) is 0 Å². The van der Waals surface area contributed by atoms with Crippen LogP contribution in [0.15, 0.2) is 17.3 Å². The first-order chi connectivity index (χ1) is 9.58. The predicted molar refractivity (Wildman–Crippen MR) is 71.7 cm³/mol. The Morgan fingerprint density at radius 2 is 2.25 bits per heavy atom. The van der Waals surface area contributed by atoms with Gasteiger partial charge in [0.05, 0.1) is 24.6 Å². The highest BCUT2D eigenvalue weighted by Crippen LogP contribution is 2.23. The maximum Gasteiger partial charge on any atom is 0.327 e. The van der Waals surface area contributed by atoms with Gasteiger partial charge in [0.15, 0.2) is 0 Å². The average molecular weight is 302 g/mol. The summed E-state index contributed by atoms with van der Waals surface area (Å²) in [7, 11) is -2.45. The molecular weight excluding hydrogens is 287 g/mol. The van der Waals surface area contributed by atoms with E-state index in [0.29, 0.717) is 17.6 Å². The van der Waals surface area contributed by atoms with Crippen LogP contribution in [0, 0.1) is 0 Å². The van der Waals surface area contributed by atoms with Crippen LogP contribution in [-0.2, 0) is 11.1 Å². The van der Waals surface area contributed by atoms with Crippen molar-refractivity contribution in [1.82, 2.24) is 20.3 Å². The zero-order valence-corrected chi connectivity index (χ0v) is 11.3. The number of nitrogens with zero attached hydrogens (tertiary/aromatic N) is 1. The van der Waals surface area contributed by atoms with Crippen LogP contribution in [-0.4, -0.2) is 49.1 Å². The molecule has 2 aromatic rings. The minimum absolute atomic E-state index is 0.169. The molecule has 1 atom stereocenters. The van der Waals surface area contributed by atoms with Crippen molar-refractivity contribution in [2.24, 2.45) is 0 Å². The van der Waals surface area contributed by atoms with Gasteiger partial charge in [-0.3, -0.25) is 4.79 Å². The Kier molecular flexibility index (Phi) is 5.18. The Morgan fingerprint density at radius 1 is 1.45 bits per heavy atom.